The van der Waals surface area contributed by atoms with Gasteiger partial charge in [0.1, 0.15) is 0 Å². The zero-order valence-corrected chi connectivity index (χ0v) is 5.76. The van der Waals surface area contributed by atoms with E-state index >= 15 is 0 Å². The molecule has 0 fully saturated rings. The predicted octanol–water partition coefficient (Wildman–Crippen LogP) is 0.959. The molecule has 0 saturated heterocycles. The zero-order valence-electron chi connectivity index (χ0n) is 5.76. The lowest BCUT2D eigenvalue weighted by molar-refractivity contribution is -0.137. The predicted molar refractivity (Wildman–Crippen MR) is 35.1 cm³/mol. The van der Waals surface area contributed by atoms with Crippen LogP contribution in [-0.2, 0) is 4.79 Å². The Bertz CT molecular complexity index is 166. The molecule has 0 aromatic rings. The number of nitrogens with two attached hydrogens (primary N) is 1. The van der Waals surface area contributed by atoms with E-state index in [1.807, 2.05) is 0 Å². The molecule has 0 aliphatic rings. The maximum absolute atomic E-state index is 11.4. The van der Waals surface area contributed by atoms with Gasteiger partial charge in [0, 0.05) is 12.5 Å². The van der Waals surface area contributed by atoms with Crippen LogP contribution in [0.25, 0.3) is 0 Å². The molecule has 0 bridgehead atoms. The van der Waals surface area contributed by atoms with Crippen LogP contribution in [0.15, 0.2) is 12.2 Å². The van der Waals surface area contributed by atoms with Crippen molar-refractivity contribution in [2.24, 2.45) is 5.73 Å². The third-order valence-corrected chi connectivity index (χ3v) is 1.03. The Hall–Kier alpha value is -0.970. The second-order valence-corrected chi connectivity index (χ2v) is 2.05. The molecule has 0 aliphatic carbocycles. The van der Waals surface area contributed by atoms with Gasteiger partial charge in [-0.15, -0.1) is 0 Å². The maximum Gasteiger partial charge on any atom is 0.303 e. The summed E-state index contributed by atoms with van der Waals surface area (Å²) in [6.45, 7) is 0. The summed E-state index contributed by atoms with van der Waals surface area (Å²) >= 11 is 0. The molecule has 0 aromatic heterocycles. The summed E-state index contributed by atoms with van der Waals surface area (Å²) in [6, 6.07) is -0.865. The number of carboxylic acid groups (broad SMARTS) is 1. The highest BCUT2D eigenvalue weighted by Crippen LogP contribution is 2.02. The molecule has 0 aliphatic heterocycles. The highest BCUT2D eigenvalue weighted by atomic mass is 19.3. The van der Waals surface area contributed by atoms with E-state index in [1.54, 1.807) is 0 Å². The Morgan fingerprint density at radius 3 is 2.55 bits per heavy atom. The molecule has 0 aromatic carbocycles. The number of aliphatic carboxylic acids is 1. The molecule has 0 amide bonds. The van der Waals surface area contributed by atoms with E-state index in [9.17, 15) is 13.6 Å². The summed E-state index contributed by atoms with van der Waals surface area (Å²) in [7, 11) is 0. The fraction of sp³-hybridized carbons (Fsp3) is 0.500. The van der Waals surface area contributed by atoms with Gasteiger partial charge in [0.05, 0.1) is 0 Å². The summed E-state index contributed by atoms with van der Waals surface area (Å²) in [5.74, 6) is -1.03. The summed E-state index contributed by atoms with van der Waals surface area (Å²) in [4.78, 5) is 9.93. The zero-order chi connectivity index (χ0) is 8.85. The molecule has 3 N–H and O–H groups in total. The van der Waals surface area contributed by atoms with Crippen molar-refractivity contribution in [2.75, 3.05) is 0 Å². The quantitative estimate of drug-likeness (QED) is 0.652. The van der Waals surface area contributed by atoms with Crippen LogP contribution in [-0.4, -0.2) is 17.1 Å². The fourth-order valence-electron chi connectivity index (χ4n) is 0.535. The van der Waals surface area contributed by atoms with Crippen LogP contribution in [0.2, 0.25) is 0 Å². The number of hydrogen-bond acceptors (Lipinski definition) is 2. The van der Waals surface area contributed by atoms with E-state index in [4.69, 9.17) is 10.8 Å². The lowest BCUT2D eigenvalue weighted by Gasteiger charge is -2.01. The van der Waals surface area contributed by atoms with E-state index in [-0.39, 0.29) is 12.8 Å². The number of hydrogen-bond donors (Lipinski definition) is 2. The van der Waals surface area contributed by atoms with Crippen molar-refractivity contribution < 1.29 is 18.7 Å². The van der Waals surface area contributed by atoms with Gasteiger partial charge in [-0.3, -0.25) is 4.79 Å². The van der Waals surface area contributed by atoms with Gasteiger partial charge in [0.2, 0.25) is 0 Å². The van der Waals surface area contributed by atoms with E-state index in [0.29, 0.717) is 6.08 Å². The minimum atomic E-state index is -1.87. The second-order valence-electron chi connectivity index (χ2n) is 2.05. The van der Waals surface area contributed by atoms with Gasteiger partial charge in [-0.1, -0.05) is 0 Å². The van der Waals surface area contributed by atoms with Crippen LogP contribution in [0.5, 0.6) is 0 Å². The minimum Gasteiger partial charge on any atom is -0.481 e. The number of carboxylic acids is 1. The molecule has 1 unspecified atom stereocenters. The smallest absolute Gasteiger partial charge is 0.303 e. The van der Waals surface area contributed by atoms with Crippen molar-refractivity contribution in [1.82, 2.24) is 0 Å². The number of halogens is 2. The molecular weight excluding hydrogens is 156 g/mol. The second kappa shape index (κ2) is 4.79. The minimum absolute atomic E-state index is 0.0344. The third kappa shape index (κ3) is 6.92. The maximum atomic E-state index is 11.4. The molecule has 11 heavy (non-hydrogen) atoms. The van der Waals surface area contributed by atoms with E-state index < -0.39 is 18.1 Å². The normalized spacial score (nSPS) is 12.3. The average molecular weight is 165 g/mol. The van der Waals surface area contributed by atoms with Crippen LogP contribution >= 0.6 is 0 Å². The highest BCUT2D eigenvalue weighted by Gasteiger charge is 2.04. The summed E-state index contributed by atoms with van der Waals surface area (Å²) in [5.41, 5.74) is 5.10. The van der Waals surface area contributed by atoms with Crippen molar-refractivity contribution in [2.45, 2.75) is 18.9 Å². The van der Waals surface area contributed by atoms with Crippen molar-refractivity contribution in [3.05, 3.63) is 12.2 Å². The van der Waals surface area contributed by atoms with Crippen molar-refractivity contribution >= 4 is 5.97 Å². The summed E-state index contributed by atoms with van der Waals surface area (Å²) in [5, 5.41) is 8.13. The molecule has 3 nitrogen and oxygen atoms in total. The van der Waals surface area contributed by atoms with E-state index in [0.717, 1.165) is 0 Å². The fourth-order valence-corrected chi connectivity index (χ4v) is 0.535. The Morgan fingerprint density at radius 2 is 2.18 bits per heavy atom. The van der Waals surface area contributed by atoms with Crippen molar-refractivity contribution in [1.29, 1.82) is 0 Å². The molecule has 0 spiro atoms. The van der Waals surface area contributed by atoms with E-state index in [1.165, 1.54) is 0 Å². The molecule has 0 heterocycles. The SMILES string of the molecule is NC(C=C(F)F)CCC(=O)O. The molecule has 0 saturated carbocycles. The third-order valence-electron chi connectivity index (χ3n) is 1.03. The Labute approximate surface area is 62.5 Å². The van der Waals surface area contributed by atoms with Gasteiger partial charge in [-0.05, 0) is 12.5 Å². The van der Waals surface area contributed by atoms with Crippen LogP contribution in [0.1, 0.15) is 12.8 Å². The van der Waals surface area contributed by atoms with Gasteiger partial charge in [-0.2, -0.15) is 8.78 Å². The van der Waals surface area contributed by atoms with Crippen LogP contribution in [0.3, 0.4) is 0 Å². The molecule has 64 valence electrons. The van der Waals surface area contributed by atoms with Gasteiger partial charge in [0.15, 0.2) is 0 Å². The topological polar surface area (TPSA) is 63.3 Å². The van der Waals surface area contributed by atoms with Crippen molar-refractivity contribution in [3.8, 4) is 0 Å². The van der Waals surface area contributed by atoms with Gasteiger partial charge in [-0.25, -0.2) is 0 Å². The molecule has 0 rings (SSSR count). The monoisotopic (exact) mass is 165 g/mol. The molecule has 1 atom stereocenters. The first kappa shape index (κ1) is 10.0. The molecule has 5 heteroatoms. The van der Waals surface area contributed by atoms with E-state index in [2.05, 4.69) is 0 Å². The Kier molecular flexibility index (Phi) is 4.36. The highest BCUT2D eigenvalue weighted by molar-refractivity contribution is 5.66. The van der Waals surface area contributed by atoms with Gasteiger partial charge >= 0.3 is 5.97 Å². The van der Waals surface area contributed by atoms with Gasteiger partial charge in [0.25, 0.3) is 6.08 Å². The first-order valence-electron chi connectivity index (χ1n) is 3.02. The summed E-state index contributed by atoms with van der Waals surface area (Å²) < 4.78 is 22.9. The number of rotatable bonds is 4. The van der Waals surface area contributed by atoms with Crippen LogP contribution in [0.4, 0.5) is 8.78 Å². The largest absolute Gasteiger partial charge is 0.481 e. The molecular formula is C6H9F2NO2. The van der Waals surface area contributed by atoms with Crippen LogP contribution in [0, 0.1) is 0 Å². The van der Waals surface area contributed by atoms with Gasteiger partial charge < -0.3 is 10.8 Å². The first-order valence-corrected chi connectivity index (χ1v) is 3.02. The standard InChI is InChI=1S/C6H9F2NO2/c7-5(8)3-4(9)1-2-6(10)11/h3-4H,1-2,9H2,(H,10,11). The van der Waals surface area contributed by atoms with Crippen molar-refractivity contribution in [3.63, 3.8) is 0 Å². The Balaban J connectivity index is 3.61. The first-order chi connectivity index (χ1) is 5.02. The van der Waals surface area contributed by atoms with Crippen LogP contribution < -0.4 is 5.73 Å². The Morgan fingerprint density at radius 1 is 1.64 bits per heavy atom. The lowest BCUT2D eigenvalue weighted by atomic mass is 10.2. The number of carbonyl (C=O) groups is 1. The lowest BCUT2D eigenvalue weighted by Crippen LogP contribution is -2.18. The molecule has 0 radical (unpaired) electrons. The average Bonchev–Trinajstić information content (AvgIpc) is 1.82. The summed E-state index contributed by atoms with van der Waals surface area (Å²) in [6.07, 6.45) is -1.48.